The number of nitrogens with zero attached hydrogens (tertiary/aromatic N) is 2. The average molecular weight is 315 g/mol. The van der Waals surface area contributed by atoms with E-state index in [1.807, 2.05) is 0 Å². The molecule has 1 aromatic rings. The Hall–Kier alpha value is -1.41. The molecule has 118 valence electrons. The normalized spacial score (nSPS) is 20.4. The maximum absolute atomic E-state index is 12.2. The van der Waals surface area contributed by atoms with Gasteiger partial charge in [-0.2, -0.15) is 5.10 Å². The SMILES string of the molecule is CC1(C)C(CNS(=O)(=O)c2cnn(CC(=O)O)c2)C1(C)C. The summed E-state index contributed by atoms with van der Waals surface area (Å²) in [5.41, 5.74) is 0.200. The van der Waals surface area contributed by atoms with Gasteiger partial charge in [0.15, 0.2) is 0 Å². The van der Waals surface area contributed by atoms with Gasteiger partial charge in [0.05, 0.1) is 6.20 Å². The highest BCUT2D eigenvalue weighted by molar-refractivity contribution is 7.89. The van der Waals surface area contributed by atoms with E-state index in [0.717, 1.165) is 10.9 Å². The Balaban J connectivity index is 2.03. The van der Waals surface area contributed by atoms with Gasteiger partial charge in [-0.15, -0.1) is 0 Å². The molecule has 0 spiro atoms. The predicted octanol–water partition coefficient (Wildman–Crippen LogP) is 0.928. The van der Waals surface area contributed by atoms with E-state index in [1.165, 1.54) is 6.20 Å². The molecule has 2 rings (SSSR count). The zero-order valence-corrected chi connectivity index (χ0v) is 13.4. The van der Waals surface area contributed by atoms with Gasteiger partial charge >= 0.3 is 5.97 Å². The first kappa shape index (κ1) is 16.0. The van der Waals surface area contributed by atoms with Gasteiger partial charge in [-0.1, -0.05) is 27.7 Å². The number of carboxylic acids is 1. The number of sulfonamides is 1. The molecule has 0 aromatic carbocycles. The molecule has 1 aliphatic carbocycles. The summed E-state index contributed by atoms with van der Waals surface area (Å²) in [4.78, 5) is 10.6. The number of carbonyl (C=O) groups is 1. The van der Waals surface area contributed by atoms with Crippen molar-refractivity contribution in [3.8, 4) is 0 Å². The molecule has 0 radical (unpaired) electrons. The Labute approximate surface area is 124 Å². The highest BCUT2D eigenvalue weighted by Gasteiger charge is 2.64. The topological polar surface area (TPSA) is 101 Å². The fourth-order valence-electron chi connectivity index (χ4n) is 2.83. The lowest BCUT2D eigenvalue weighted by atomic mass is 10.0. The van der Waals surface area contributed by atoms with E-state index < -0.39 is 16.0 Å². The van der Waals surface area contributed by atoms with Crippen LogP contribution in [0.2, 0.25) is 0 Å². The van der Waals surface area contributed by atoms with Crippen LogP contribution in [0.15, 0.2) is 17.3 Å². The van der Waals surface area contributed by atoms with Crippen LogP contribution in [0.5, 0.6) is 0 Å². The molecule has 1 aliphatic rings. The van der Waals surface area contributed by atoms with Gasteiger partial charge in [-0.05, 0) is 16.7 Å². The summed E-state index contributed by atoms with van der Waals surface area (Å²) < 4.78 is 28.0. The van der Waals surface area contributed by atoms with Crippen molar-refractivity contribution < 1.29 is 18.3 Å². The fourth-order valence-corrected chi connectivity index (χ4v) is 3.83. The standard InChI is InChI=1S/C13H21N3O4S/c1-12(2)10(13(12,3)4)6-15-21(19,20)9-5-14-16(7-9)8-11(17)18/h5,7,10,15H,6,8H2,1-4H3,(H,17,18). The predicted molar refractivity (Wildman–Crippen MR) is 76.1 cm³/mol. The molecule has 7 nitrogen and oxygen atoms in total. The van der Waals surface area contributed by atoms with Crippen molar-refractivity contribution in [2.24, 2.45) is 16.7 Å². The van der Waals surface area contributed by atoms with Crippen molar-refractivity contribution in [2.75, 3.05) is 6.54 Å². The quantitative estimate of drug-likeness (QED) is 0.813. The van der Waals surface area contributed by atoms with Crippen molar-refractivity contribution in [2.45, 2.75) is 39.1 Å². The second-order valence-electron chi connectivity index (χ2n) is 6.62. The van der Waals surface area contributed by atoms with E-state index in [0.29, 0.717) is 6.54 Å². The second-order valence-corrected chi connectivity index (χ2v) is 8.38. The molecule has 1 saturated carbocycles. The third-order valence-corrected chi connectivity index (χ3v) is 6.39. The van der Waals surface area contributed by atoms with Crippen LogP contribution >= 0.6 is 0 Å². The number of hydrogen-bond donors (Lipinski definition) is 2. The van der Waals surface area contributed by atoms with Gasteiger partial charge in [0, 0.05) is 12.7 Å². The summed E-state index contributed by atoms with van der Waals surface area (Å²) in [6, 6.07) is 0. The monoisotopic (exact) mass is 315 g/mol. The largest absolute Gasteiger partial charge is 0.480 e. The highest BCUT2D eigenvalue weighted by atomic mass is 32.2. The molecule has 21 heavy (non-hydrogen) atoms. The van der Waals surface area contributed by atoms with Crippen molar-refractivity contribution >= 4 is 16.0 Å². The maximum Gasteiger partial charge on any atom is 0.325 e. The smallest absolute Gasteiger partial charge is 0.325 e. The minimum absolute atomic E-state index is 0.0139. The van der Waals surface area contributed by atoms with Crippen LogP contribution < -0.4 is 4.72 Å². The van der Waals surface area contributed by atoms with E-state index >= 15 is 0 Å². The second kappa shape index (κ2) is 4.81. The lowest BCUT2D eigenvalue weighted by Gasteiger charge is -2.05. The van der Waals surface area contributed by atoms with E-state index in [2.05, 4.69) is 37.5 Å². The fraction of sp³-hybridized carbons (Fsp3) is 0.692. The molecule has 8 heteroatoms. The molecular weight excluding hydrogens is 294 g/mol. The van der Waals surface area contributed by atoms with Gasteiger partial charge in [0.2, 0.25) is 10.0 Å². The minimum atomic E-state index is -3.66. The molecule has 1 heterocycles. The summed E-state index contributed by atoms with van der Waals surface area (Å²) in [6.07, 6.45) is 2.38. The van der Waals surface area contributed by atoms with Crippen LogP contribution in [0, 0.1) is 16.7 Å². The molecule has 0 atom stereocenters. The number of rotatable bonds is 6. The third-order valence-electron chi connectivity index (χ3n) is 5.01. The molecule has 0 saturated heterocycles. The maximum atomic E-state index is 12.2. The summed E-state index contributed by atoms with van der Waals surface area (Å²) in [6.45, 7) is 8.49. The highest BCUT2D eigenvalue weighted by Crippen LogP contribution is 2.67. The molecule has 1 aromatic heterocycles. The number of nitrogens with one attached hydrogen (secondary N) is 1. The Bertz CT molecular complexity index is 647. The summed E-state index contributed by atoms with van der Waals surface area (Å²) in [7, 11) is -3.66. The van der Waals surface area contributed by atoms with Crippen molar-refractivity contribution in [1.29, 1.82) is 0 Å². The van der Waals surface area contributed by atoms with Crippen molar-refractivity contribution in [1.82, 2.24) is 14.5 Å². The summed E-state index contributed by atoms with van der Waals surface area (Å²) in [5.74, 6) is -0.801. The summed E-state index contributed by atoms with van der Waals surface area (Å²) >= 11 is 0. The Kier molecular flexibility index (Phi) is 3.66. The van der Waals surface area contributed by atoms with E-state index in [4.69, 9.17) is 5.11 Å². The van der Waals surface area contributed by atoms with Gasteiger partial charge in [-0.25, -0.2) is 13.1 Å². The van der Waals surface area contributed by atoms with Crippen molar-refractivity contribution in [3.63, 3.8) is 0 Å². The lowest BCUT2D eigenvalue weighted by Crippen LogP contribution is -2.27. The molecule has 0 bridgehead atoms. The van der Waals surface area contributed by atoms with Crippen molar-refractivity contribution in [3.05, 3.63) is 12.4 Å². The molecule has 0 aliphatic heterocycles. The first-order valence-electron chi connectivity index (χ1n) is 6.72. The first-order chi connectivity index (χ1) is 9.48. The zero-order valence-electron chi connectivity index (χ0n) is 12.6. The summed E-state index contributed by atoms with van der Waals surface area (Å²) in [5, 5.41) is 12.4. The van der Waals surface area contributed by atoms with Crippen LogP contribution in [0.25, 0.3) is 0 Å². The van der Waals surface area contributed by atoms with Crippen LogP contribution in [0.1, 0.15) is 27.7 Å². The molecule has 0 amide bonds. The number of aliphatic carboxylic acids is 1. The van der Waals surface area contributed by atoms with E-state index in [9.17, 15) is 13.2 Å². The Morgan fingerprint density at radius 2 is 1.95 bits per heavy atom. The number of carboxylic acid groups (broad SMARTS) is 1. The van der Waals surface area contributed by atoms with Crippen LogP contribution in [-0.2, 0) is 21.4 Å². The minimum Gasteiger partial charge on any atom is -0.480 e. The first-order valence-corrected chi connectivity index (χ1v) is 8.21. The van der Waals surface area contributed by atoms with Gasteiger partial charge in [0.25, 0.3) is 0 Å². The van der Waals surface area contributed by atoms with E-state index in [-0.39, 0.29) is 28.2 Å². The molecular formula is C13H21N3O4S. The average Bonchev–Trinajstić information content (AvgIpc) is 2.69. The van der Waals surface area contributed by atoms with Crippen LogP contribution in [0.4, 0.5) is 0 Å². The van der Waals surface area contributed by atoms with Gasteiger partial charge in [-0.3, -0.25) is 9.48 Å². The lowest BCUT2D eigenvalue weighted by molar-refractivity contribution is -0.137. The van der Waals surface area contributed by atoms with Gasteiger partial charge < -0.3 is 5.11 Å². The number of hydrogen-bond acceptors (Lipinski definition) is 4. The Morgan fingerprint density at radius 1 is 1.38 bits per heavy atom. The van der Waals surface area contributed by atoms with E-state index in [1.54, 1.807) is 0 Å². The number of aromatic nitrogens is 2. The third kappa shape index (κ3) is 2.82. The zero-order chi connectivity index (χ0) is 16.1. The molecule has 1 fully saturated rings. The van der Waals surface area contributed by atoms with Gasteiger partial charge in [0.1, 0.15) is 11.4 Å². The molecule has 0 unspecified atom stereocenters. The van der Waals surface area contributed by atoms with Crippen LogP contribution in [0.3, 0.4) is 0 Å². The Morgan fingerprint density at radius 3 is 2.43 bits per heavy atom. The molecule has 2 N–H and O–H groups in total. The van der Waals surface area contributed by atoms with Crippen LogP contribution in [-0.4, -0.2) is 35.8 Å².